The Balaban J connectivity index is 1.51. The van der Waals surface area contributed by atoms with E-state index in [2.05, 4.69) is 0 Å². The summed E-state index contributed by atoms with van der Waals surface area (Å²) >= 11 is 6.19. The number of imide groups is 1. The second kappa shape index (κ2) is 7.67. The Labute approximate surface area is 188 Å². The number of carbonyl (C=O) groups excluding carboxylic acids is 4. The number of nitrogens with zero attached hydrogens (tertiary/aromatic N) is 2. The third kappa shape index (κ3) is 3.15. The van der Waals surface area contributed by atoms with Crippen molar-refractivity contribution in [3.05, 3.63) is 82.6 Å². The molecule has 1 aliphatic heterocycles. The summed E-state index contributed by atoms with van der Waals surface area (Å²) in [5.74, 6) is -3.88. The van der Waals surface area contributed by atoms with Crippen molar-refractivity contribution in [2.75, 3.05) is 6.54 Å². The molecule has 2 fully saturated rings. The fraction of sp³-hybridized carbons (Fsp3) is 0.250. The fourth-order valence-electron chi connectivity index (χ4n) is 4.99. The summed E-state index contributed by atoms with van der Waals surface area (Å²) in [6, 6.07) is 11.1. The first-order chi connectivity index (χ1) is 15.4. The second-order valence-corrected chi connectivity index (χ2v) is 8.67. The van der Waals surface area contributed by atoms with E-state index < -0.39 is 47.7 Å². The maximum Gasteiger partial charge on any atom is 0.274 e. The van der Waals surface area contributed by atoms with Crippen molar-refractivity contribution in [2.45, 2.75) is 6.42 Å². The number of fused-ring (bicyclic) bond motifs is 5. The molecule has 2 aliphatic carbocycles. The van der Waals surface area contributed by atoms with Crippen molar-refractivity contribution in [3.8, 4) is 0 Å². The van der Waals surface area contributed by atoms with Crippen molar-refractivity contribution >= 4 is 35.1 Å². The normalized spacial score (nSPS) is 25.4. The van der Waals surface area contributed by atoms with Crippen LogP contribution in [0.4, 0.5) is 4.39 Å². The number of hydrazine groups is 1. The first-order valence-electron chi connectivity index (χ1n) is 10.3. The molecule has 0 unspecified atom stereocenters. The van der Waals surface area contributed by atoms with Crippen LogP contribution in [-0.2, 0) is 9.59 Å². The van der Waals surface area contributed by atoms with Gasteiger partial charge in [-0.1, -0.05) is 35.9 Å². The second-order valence-electron chi connectivity index (χ2n) is 8.26. The molecule has 5 rings (SSSR count). The number of amides is 3. The van der Waals surface area contributed by atoms with Crippen LogP contribution in [0.2, 0.25) is 5.02 Å². The SMILES string of the molecule is O=C(CN(C(=O)c1ccccc1Cl)N1C(=O)[C@@H]2[C@H](C1=O)[C@H]1C=C[C@H]2C1)c1ccc(F)cc1. The summed E-state index contributed by atoms with van der Waals surface area (Å²) in [6.07, 6.45) is 4.64. The Kier molecular flexibility index (Phi) is 4.93. The molecule has 0 radical (unpaired) electrons. The molecule has 4 atom stereocenters. The Morgan fingerprint density at radius 1 is 0.969 bits per heavy atom. The van der Waals surface area contributed by atoms with Gasteiger partial charge in [-0.3, -0.25) is 19.2 Å². The molecule has 3 amide bonds. The van der Waals surface area contributed by atoms with E-state index in [0.29, 0.717) is 0 Å². The molecule has 0 spiro atoms. The molecule has 162 valence electrons. The van der Waals surface area contributed by atoms with Crippen LogP contribution in [0.25, 0.3) is 0 Å². The molecule has 0 aromatic heterocycles. The van der Waals surface area contributed by atoms with Crippen molar-refractivity contribution in [2.24, 2.45) is 23.7 Å². The lowest BCUT2D eigenvalue weighted by Gasteiger charge is -2.31. The largest absolute Gasteiger partial charge is 0.292 e. The first-order valence-corrected chi connectivity index (χ1v) is 10.7. The minimum absolute atomic E-state index is 0.0449. The number of hydrogen-bond donors (Lipinski definition) is 0. The number of hydrogen-bond acceptors (Lipinski definition) is 4. The lowest BCUT2D eigenvalue weighted by Crippen LogP contribution is -2.52. The summed E-state index contributed by atoms with van der Waals surface area (Å²) in [7, 11) is 0. The summed E-state index contributed by atoms with van der Waals surface area (Å²) in [6.45, 7) is -0.560. The highest BCUT2D eigenvalue weighted by Crippen LogP contribution is 2.52. The smallest absolute Gasteiger partial charge is 0.274 e. The number of carbonyl (C=O) groups is 4. The van der Waals surface area contributed by atoms with Gasteiger partial charge >= 0.3 is 0 Å². The van der Waals surface area contributed by atoms with Crippen LogP contribution in [-0.4, -0.2) is 40.1 Å². The van der Waals surface area contributed by atoms with Crippen LogP contribution in [0, 0.1) is 29.5 Å². The summed E-state index contributed by atoms with van der Waals surface area (Å²) in [4.78, 5) is 53.0. The van der Waals surface area contributed by atoms with E-state index in [9.17, 15) is 23.6 Å². The highest BCUT2D eigenvalue weighted by atomic mass is 35.5. The predicted molar refractivity (Wildman–Crippen MR) is 113 cm³/mol. The van der Waals surface area contributed by atoms with Gasteiger partial charge in [-0.05, 0) is 54.7 Å². The van der Waals surface area contributed by atoms with E-state index >= 15 is 0 Å². The number of allylic oxidation sites excluding steroid dienone is 2. The maximum absolute atomic E-state index is 13.4. The average Bonchev–Trinajstić information content (AvgIpc) is 3.46. The highest BCUT2D eigenvalue weighted by molar-refractivity contribution is 6.34. The fourth-order valence-corrected chi connectivity index (χ4v) is 5.21. The van der Waals surface area contributed by atoms with E-state index in [1.807, 2.05) is 12.2 Å². The molecule has 32 heavy (non-hydrogen) atoms. The van der Waals surface area contributed by atoms with Gasteiger partial charge in [0.25, 0.3) is 17.7 Å². The van der Waals surface area contributed by atoms with E-state index in [4.69, 9.17) is 11.6 Å². The Morgan fingerprint density at radius 2 is 1.56 bits per heavy atom. The van der Waals surface area contributed by atoms with Crippen molar-refractivity contribution in [1.29, 1.82) is 0 Å². The third-order valence-electron chi connectivity index (χ3n) is 6.49. The predicted octanol–water partition coefficient (Wildman–Crippen LogP) is 3.53. The van der Waals surface area contributed by atoms with Crippen LogP contribution < -0.4 is 0 Å². The van der Waals surface area contributed by atoms with Crippen molar-refractivity contribution in [3.63, 3.8) is 0 Å². The molecule has 1 saturated heterocycles. The van der Waals surface area contributed by atoms with Gasteiger partial charge in [-0.25, -0.2) is 9.40 Å². The summed E-state index contributed by atoms with van der Waals surface area (Å²) in [5.41, 5.74) is 0.226. The summed E-state index contributed by atoms with van der Waals surface area (Å²) in [5, 5.41) is 1.85. The molecule has 1 heterocycles. The molecule has 0 N–H and O–H groups in total. The molecule has 2 bridgehead atoms. The Bertz CT molecular complexity index is 1150. The van der Waals surface area contributed by atoms with E-state index in [-0.39, 0.29) is 28.0 Å². The molecule has 2 aromatic carbocycles. The zero-order valence-electron chi connectivity index (χ0n) is 16.8. The van der Waals surface area contributed by atoms with Gasteiger partial charge in [0.05, 0.1) is 22.4 Å². The van der Waals surface area contributed by atoms with Crippen molar-refractivity contribution in [1.82, 2.24) is 10.0 Å². The van der Waals surface area contributed by atoms with Crippen LogP contribution in [0.3, 0.4) is 0 Å². The average molecular weight is 453 g/mol. The molecular weight excluding hydrogens is 435 g/mol. The zero-order chi connectivity index (χ0) is 22.6. The minimum Gasteiger partial charge on any atom is -0.292 e. The van der Waals surface area contributed by atoms with Gasteiger partial charge < -0.3 is 0 Å². The maximum atomic E-state index is 13.4. The monoisotopic (exact) mass is 452 g/mol. The van der Waals surface area contributed by atoms with E-state index in [0.717, 1.165) is 28.6 Å². The van der Waals surface area contributed by atoms with Crippen LogP contribution >= 0.6 is 11.6 Å². The molecule has 8 heteroatoms. The van der Waals surface area contributed by atoms with Crippen molar-refractivity contribution < 1.29 is 23.6 Å². The first kappa shape index (κ1) is 20.6. The van der Waals surface area contributed by atoms with Gasteiger partial charge in [0.1, 0.15) is 12.4 Å². The lowest BCUT2D eigenvalue weighted by atomic mass is 9.85. The van der Waals surface area contributed by atoms with Gasteiger partial charge in [0, 0.05) is 5.56 Å². The number of Topliss-reactive ketones (excluding diaryl/α,β-unsaturated/α-hetero) is 1. The standard InChI is InChI=1S/C24H18ClFN2O4/c25-18-4-2-1-3-17(18)22(30)27(12-19(29)13-7-9-16(26)10-8-13)28-23(31)20-14-5-6-15(11-14)21(20)24(28)32/h1-10,14-15,20-21H,11-12H2/t14-,15-,20-,21+/m0/s1. The minimum atomic E-state index is -0.729. The highest BCUT2D eigenvalue weighted by Gasteiger charge is 2.61. The van der Waals surface area contributed by atoms with Gasteiger partial charge in [0.2, 0.25) is 0 Å². The summed E-state index contributed by atoms with van der Waals surface area (Å²) < 4.78 is 13.3. The quantitative estimate of drug-likeness (QED) is 0.395. The topological polar surface area (TPSA) is 74.8 Å². The number of halogens is 2. The molecule has 1 saturated carbocycles. The molecule has 2 aromatic rings. The number of benzene rings is 2. The Morgan fingerprint density at radius 3 is 2.16 bits per heavy atom. The van der Waals surface area contributed by atoms with Crippen LogP contribution in [0.1, 0.15) is 27.1 Å². The molecular formula is C24H18ClFN2O4. The van der Waals surface area contributed by atoms with E-state index in [1.165, 1.54) is 24.3 Å². The van der Waals surface area contributed by atoms with Gasteiger partial charge in [-0.15, -0.1) is 0 Å². The lowest BCUT2D eigenvalue weighted by molar-refractivity contribution is -0.154. The molecule has 6 nitrogen and oxygen atoms in total. The Hall–Kier alpha value is -3.32. The van der Waals surface area contributed by atoms with E-state index in [1.54, 1.807) is 12.1 Å². The van der Waals surface area contributed by atoms with Gasteiger partial charge in [-0.2, -0.15) is 5.01 Å². The number of ketones is 1. The third-order valence-corrected chi connectivity index (χ3v) is 6.82. The van der Waals surface area contributed by atoms with Crippen LogP contribution in [0.15, 0.2) is 60.7 Å². The number of rotatable bonds is 5. The molecule has 3 aliphatic rings. The van der Waals surface area contributed by atoms with Crippen LogP contribution in [0.5, 0.6) is 0 Å². The zero-order valence-corrected chi connectivity index (χ0v) is 17.5. The van der Waals surface area contributed by atoms with Gasteiger partial charge in [0.15, 0.2) is 5.78 Å².